The van der Waals surface area contributed by atoms with Crippen LogP contribution in [0.1, 0.15) is 26.8 Å². The van der Waals surface area contributed by atoms with Crippen LogP contribution in [-0.4, -0.2) is 46.2 Å². The molecule has 0 spiro atoms. The first-order chi connectivity index (χ1) is 11.3. The lowest BCUT2D eigenvalue weighted by molar-refractivity contribution is 0.102. The Morgan fingerprint density at radius 1 is 1.42 bits per heavy atom. The van der Waals surface area contributed by atoms with Crippen molar-refractivity contribution in [2.24, 2.45) is 13.0 Å². The van der Waals surface area contributed by atoms with E-state index in [1.807, 2.05) is 30.7 Å². The molecule has 2 aromatic rings. The zero-order chi connectivity index (χ0) is 17.3. The molecule has 1 fully saturated rings. The molecule has 24 heavy (non-hydrogen) atoms. The molecule has 1 aliphatic heterocycles. The number of ketones is 1. The van der Waals surface area contributed by atoms with E-state index in [0.717, 1.165) is 15.6 Å². The first kappa shape index (κ1) is 17.6. The number of hydrogen-bond acceptors (Lipinski definition) is 7. The standard InChI is InChI=1S/C15H19N3O3S3/c1-10-3-4-13(23-10)12(19)8-22-15-17-16-14(18(15)2)7-11-5-6-24(20,21)9-11/h3-4,11H,5-9H2,1-2H3/t11-/m0/s1. The van der Waals surface area contributed by atoms with Crippen molar-refractivity contribution in [2.75, 3.05) is 17.3 Å². The van der Waals surface area contributed by atoms with Gasteiger partial charge in [-0.1, -0.05) is 11.8 Å². The zero-order valence-corrected chi connectivity index (χ0v) is 16.0. The summed E-state index contributed by atoms with van der Waals surface area (Å²) in [6.07, 6.45) is 1.30. The van der Waals surface area contributed by atoms with Crippen LogP contribution in [0.4, 0.5) is 0 Å². The molecule has 1 aliphatic rings. The van der Waals surface area contributed by atoms with Crippen LogP contribution in [0.3, 0.4) is 0 Å². The Bertz CT molecular complexity index is 854. The molecule has 1 atom stereocenters. The summed E-state index contributed by atoms with van der Waals surface area (Å²) in [6.45, 7) is 1.98. The van der Waals surface area contributed by atoms with Gasteiger partial charge in [-0.2, -0.15) is 0 Å². The van der Waals surface area contributed by atoms with Crippen molar-refractivity contribution in [2.45, 2.75) is 24.9 Å². The summed E-state index contributed by atoms with van der Waals surface area (Å²) in [4.78, 5) is 14.0. The minimum Gasteiger partial charge on any atom is -0.309 e. The van der Waals surface area contributed by atoms with Crippen molar-refractivity contribution in [3.8, 4) is 0 Å². The Morgan fingerprint density at radius 3 is 2.83 bits per heavy atom. The van der Waals surface area contributed by atoms with Gasteiger partial charge >= 0.3 is 0 Å². The molecule has 3 heterocycles. The van der Waals surface area contributed by atoms with E-state index >= 15 is 0 Å². The average Bonchev–Trinajstić information content (AvgIpc) is 3.19. The fraction of sp³-hybridized carbons (Fsp3) is 0.533. The van der Waals surface area contributed by atoms with Gasteiger partial charge in [0.2, 0.25) is 0 Å². The quantitative estimate of drug-likeness (QED) is 0.560. The predicted octanol–water partition coefficient (Wildman–Crippen LogP) is 2.14. The highest BCUT2D eigenvalue weighted by Crippen LogP contribution is 2.25. The van der Waals surface area contributed by atoms with E-state index in [9.17, 15) is 13.2 Å². The van der Waals surface area contributed by atoms with E-state index in [1.54, 1.807) is 0 Å². The maximum atomic E-state index is 12.2. The van der Waals surface area contributed by atoms with Crippen LogP contribution >= 0.6 is 23.1 Å². The van der Waals surface area contributed by atoms with Crippen molar-refractivity contribution >= 4 is 38.7 Å². The number of carbonyl (C=O) groups is 1. The summed E-state index contributed by atoms with van der Waals surface area (Å²) in [5, 5.41) is 9.00. The van der Waals surface area contributed by atoms with Gasteiger partial charge in [0.25, 0.3) is 0 Å². The minimum atomic E-state index is -2.88. The fourth-order valence-electron chi connectivity index (χ4n) is 2.73. The maximum Gasteiger partial charge on any atom is 0.191 e. The number of hydrogen-bond donors (Lipinski definition) is 0. The fourth-order valence-corrected chi connectivity index (χ4v) is 6.30. The molecule has 9 heteroatoms. The number of thiophene rings is 1. The van der Waals surface area contributed by atoms with Crippen LogP contribution in [0.15, 0.2) is 17.3 Å². The molecular formula is C15H19N3O3S3. The van der Waals surface area contributed by atoms with E-state index in [0.29, 0.717) is 23.8 Å². The summed E-state index contributed by atoms with van der Waals surface area (Å²) >= 11 is 2.86. The van der Waals surface area contributed by atoms with E-state index < -0.39 is 9.84 Å². The summed E-state index contributed by atoms with van der Waals surface area (Å²) in [6, 6.07) is 3.80. The van der Waals surface area contributed by atoms with Crippen molar-refractivity contribution < 1.29 is 13.2 Å². The van der Waals surface area contributed by atoms with Crippen molar-refractivity contribution in [1.29, 1.82) is 0 Å². The Kier molecular flexibility index (Phi) is 5.12. The maximum absolute atomic E-state index is 12.2. The molecule has 3 rings (SSSR count). The van der Waals surface area contributed by atoms with Crippen molar-refractivity contribution in [3.63, 3.8) is 0 Å². The molecule has 2 aromatic heterocycles. The van der Waals surface area contributed by atoms with Gasteiger partial charge in [0, 0.05) is 18.3 Å². The van der Waals surface area contributed by atoms with Crippen LogP contribution < -0.4 is 0 Å². The van der Waals surface area contributed by atoms with Gasteiger partial charge in [-0.05, 0) is 31.4 Å². The number of nitrogens with zero attached hydrogens (tertiary/aromatic N) is 3. The molecule has 130 valence electrons. The van der Waals surface area contributed by atoms with Crippen LogP contribution in [-0.2, 0) is 23.3 Å². The monoisotopic (exact) mass is 385 g/mol. The van der Waals surface area contributed by atoms with Crippen LogP contribution in [0, 0.1) is 12.8 Å². The van der Waals surface area contributed by atoms with Crippen LogP contribution in [0.5, 0.6) is 0 Å². The normalized spacial score (nSPS) is 19.7. The summed E-state index contributed by atoms with van der Waals surface area (Å²) in [5.41, 5.74) is 0. The minimum absolute atomic E-state index is 0.0875. The van der Waals surface area contributed by atoms with Crippen molar-refractivity contribution in [3.05, 3.63) is 27.7 Å². The van der Waals surface area contributed by atoms with E-state index in [2.05, 4.69) is 10.2 Å². The lowest BCUT2D eigenvalue weighted by Crippen LogP contribution is -2.11. The van der Waals surface area contributed by atoms with Gasteiger partial charge in [0.15, 0.2) is 20.8 Å². The second-order valence-corrected chi connectivity index (χ2v) is 10.5. The number of carbonyl (C=O) groups excluding carboxylic acids is 1. The number of aryl methyl sites for hydroxylation is 1. The Hall–Kier alpha value is -1.19. The van der Waals surface area contributed by atoms with Gasteiger partial charge in [0.05, 0.1) is 22.1 Å². The second kappa shape index (κ2) is 6.97. The van der Waals surface area contributed by atoms with Gasteiger partial charge in [-0.15, -0.1) is 21.5 Å². The Balaban J connectivity index is 1.60. The van der Waals surface area contributed by atoms with Crippen LogP contribution in [0.25, 0.3) is 0 Å². The van der Waals surface area contributed by atoms with Gasteiger partial charge in [-0.3, -0.25) is 4.79 Å². The molecule has 0 bridgehead atoms. The smallest absolute Gasteiger partial charge is 0.191 e. The summed E-state index contributed by atoms with van der Waals surface area (Å²) < 4.78 is 25.0. The number of thioether (sulfide) groups is 1. The largest absolute Gasteiger partial charge is 0.309 e. The highest BCUT2D eigenvalue weighted by atomic mass is 32.2. The number of rotatable bonds is 6. The Morgan fingerprint density at radius 2 is 2.21 bits per heavy atom. The van der Waals surface area contributed by atoms with Crippen LogP contribution in [0.2, 0.25) is 0 Å². The lowest BCUT2D eigenvalue weighted by atomic mass is 10.1. The second-order valence-electron chi connectivity index (χ2n) is 6.05. The SMILES string of the molecule is Cc1ccc(C(=O)CSc2nnc(C[C@@H]3CCS(=O)(=O)C3)n2C)s1. The summed E-state index contributed by atoms with van der Waals surface area (Å²) in [5.74, 6) is 1.81. The molecule has 0 saturated carbocycles. The molecule has 6 nitrogen and oxygen atoms in total. The highest BCUT2D eigenvalue weighted by Gasteiger charge is 2.29. The van der Waals surface area contributed by atoms with Gasteiger partial charge in [0.1, 0.15) is 5.82 Å². The molecule has 0 amide bonds. The van der Waals surface area contributed by atoms with E-state index in [4.69, 9.17) is 0 Å². The van der Waals surface area contributed by atoms with Crippen molar-refractivity contribution in [1.82, 2.24) is 14.8 Å². The van der Waals surface area contributed by atoms with Gasteiger partial charge in [-0.25, -0.2) is 8.42 Å². The Labute approximate surface area is 149 Å². The van der Waals surface area contributed by atoms with Gasteiger partial charge < -0.3 is 4.57 Å². The predicted molar refractivity (Wildman–Crippen MR) is 95.6 cm³/mol. The third kappa shape index (κ3) is 4.07. The topological polar surface area (TPSA) is 81.9 Å². The zero-order valence-electron chi connectivity index (χ0n) is 13.6. The number of Topliss-reactive ketones (excluding diaryl/α,β-unsaturated/α-hetero) is 1. The highest BCUT2D eigenvalue weighted by molar-refractivity contribution is 7.99. The number of sulfone groups is 1. The lowest BCUT2D eigenvalue weighted by Gasteiger charge is -2.07. The number of aromatic nitrogens is 3. The first-order valence-corrected chi connectivity index (χ1v) is 11.3. The van der Waals surface area contributed by atoms with E-state index in [-0.39, 0.29) is 23.2 Å². The molecule has 0 aliphatic carbocycles. The third-order valence-electron chi connectivity index (χ3n) is 4.07. The molecule has 0 aromatic carbocycles. The van der Waals surface area contributed by atoms with E-state index in [1.165, 1.54) is 23.1 Å². The molecule has 0 N–H and O–H groups in total. The molecule has 1 saturated heterocycles. The molecule has 0 radical (unpaired) electrons. The third-order valence-corrected chi connectivity index (χ3v) is 7.97. The molecular weight excluding hydrogens is 366 g/mol. The average molecular weight is 386 g/mol. The molecule has 0 unspecified atom stereocenters. The first-order valence-electron chi connectivity index (χ1n) is 7.65. The summed E-state index contributed by atoms with van der Waals surface area (Å²) in [7, 11) is -1.02.